The van der Waals surface area contributed by atoms with Crippen LogP contribution >= 0.6 is 0 Å². The maximum atomic E-state index is 12.3. The lowest BCUT2D eigenvalue weighted by atomic mass is 9.84. The molecule has 120 valence electrons. The number of aryl methyl sites for hydroxylation is 1. The molecule has 0 bridgehead atoms. The third-order valence-corrected chi connectivity index (χ3v) is 4.99. The molecule has 2 heterocycles. The van der Waals surface area contributed by atoms with E-state index in [0.29, 0.717) is 5.92 Å². The Kier molecular flexibility index (Phi) is 4.60. The van der Waals surface area contributed by atoms with Crippen molar-refractivity contribution in [3.8, 4) is 0 Å². The topological polar surface area (TPSA) is 58.1 Å². The number of carbonyl (C=O) groups excluding carboxylic acids is 1. The normalized spacial score (nSPS) is 25.1. The van der Waals surface area contributed by atoms with E-state index in [4.69, 9.17) is 0 Å². The lowest BCUT2D eigenvalue weighted by Gasteiger charge is -2.27. The molecule has 1 N–H and O–H groups in total. The number of aromatic nitrogens is 2. The molecule has 1 aromatic rings. The van der Waals surface area contributed by atoms with Gasteiger partial charge in [0.05, 0.1) is 6.04 Å². The number of hydrogen-bond donors (Lipinski definition) is 1. The van der Waals surface area contributed by atoms with Crippen LogP contribution in [0.4, 0.5) is 5.82 Å². The summed E-state index contributed by atoms with van der Waals surface area (Å²) >= 11 is 0. The number of anilines is 1. The molecule has 1 aliphatic carbocycles. The highest BCUT2D eigenvalue weighted by Gasteiger charge is 2.36. The van der Waals surface area contributed by atoms with Crippen molar-refractivity contribution in [1.82, 2.24) is 15.3 Å². The third kappa shape index (κ3) is 3.23. The van der Waals surface area contributed by atoms with Crippen LogP contribution in [0.25, 0.3) is 0 Å². The summed E-state index contributed by atoms with van der Waals surface area (Å²) in [7, 11) is 0. The minimum atomic E-state index is 0.253. The van der Waals surface area contributed by atoms with Gasteiger partial charge < -0.3 is 10.2 Å². The van der Waals surface area contributed by atoms with Crippen LogP contribution in [-0.4, -0.2) is 35.0 Å². The molecule has 1 saturated heterocycles. The molecule has 0 aromatic carbocycles. The van der Waals surface area contributed by atoms with Crippen molar-refractivity contribution < 1.29 is 4.79 Å². The quantitative estimate of drug-likeness (QED) is 0.907. The molecule has 2 atom stereocenters. The Morgan fingerprint density at radius 2 is 2.23 bits per heavy atom. The van der Waals surface area contributed by atoms with E-state index in [1.54, 1.807) is 0 Å². The number of amides is 1. The molecular weight excluding hydrogens is 276 g/mol. The molecule has 3 rings (SSSR count). The van der Waals surface area contributed by atoms with Gasteiger partial charge in [-0.2, -0.15) is 0 Å². The number of nitrogens with zero attached hydrogens (tertiary/aromatic N) is 3. The fraction of sp³-hybridized carbons (Fsp3) is 0.706. The van der Waals surface area contributed by atoms with Crippen molar-refractivity contribution in [2.75, 3.05) is 18.0 Å². The second kappa shape index (κ2) is 6.63. The first-order valence-corrected chi connectivity index (χ1v) is 8.52. The summed E-state index contributed by atoms with van der Waals surface area (Å²) < 4.78 is 0. The van der Waals surface area contributed by atoms with Crippen LogP contribution in [0.2, 0.25) is 0 Å². The Morgan fingerprint density at radius 3 is 2.86 bits per heavy atom. The molecular formula is C17H26N4O. The van der Waals surface area contributed by atoms with Gasteiger partial charge in [0, 0.05) is 25.2 Å². The van der Waals surface area contributed by atoms with Gasteiger partial charge in [0.25, 0.3) is 0 Å². The van der Waals surface area contributed by atoms with E-state index in [1.165, 1.54) is 6.42 Å². The maximum Gasteiger partial charge on any atom is 0.223 e. The summed E-state index contributed by atoms with van der Waals surface area (Å²) in [6.07, 6.45) is 7.44. The van der Waals surface area contributed by atoms with E-state index in [-0.39, 0.29) is 17.9 Å². The predicted molar refractivity (Wildman–Crippen MR) is 86.7 cm³/mol. The van der Waals surface area contributed by atoms with Gasteiger partial charge in [0.1, 0.15) is 11.6 Å². The van der Waals surface area contributed by atoms with Gasteiger partial charge in [-0.15, -0.1) is 0 Å². The molecule has 1 amide bonds. The first-order chi connectivity index (χ1) is 10.7. The Morgan fingerprint density at radius 1 is 1.41 bits per heavy atom. The highest BCUT2D eigenvalue weighted by molar-refractivity contribution is 5.79. The molecule has 2 aliphatic rings. The molecule has 0 spiro atoms. The second-order valence-electron chi connectivity index (χ2n) is 6.66. The largest absolute Gasteiger partial charge is 0.354 e. The van der Waals surface area contributed by atoms with Crippen LogP contribution in [0.1, 0.15) is 44.9 Å². The number of nitrogens with one attached hydrogen (secondary N) is 1. The fourth-order valence-electron chi connectivity index (χ4n) is 3.48. The van der Waals surface area contributed by atoms with Gasteiger partial charge >= 0.3 is 0 Å². The maximum absolute atomic E-state index is 12.3. The van der Waals surface area contributed by atoms with E-state index < -0.39 is 0 Å². The molecule has 1 aliphatic heterocycles. The zero-order valence-electron chi connectivity index (χ0n) is 13.6. The first kappa shape index (κ1) is 15.3. The van der Waals surface area contributed by atoms with Gasteiger partial charge in [-0.05, 0) is 38.2 Å². The van der Waals surface area contributed by atoms with Crippen molar-refractivity contribution in [1.29, 1.82) is 0 Å². The first-order valence-electron chi connectivity index (χ1n) is 8.52. The minimum Gasteiger partial charge on any atom is -0.354 e. The van der Waals surface area contributed by atoms with Gasteiger partial charge in [0.15, 0.2) is 0 Å². The van der Waals surface area contributed by atoms with Crippen molar-refractivity contribution in [3.05, 3.63) is 18.1 Å². The van der Waals surface area contributed by atoms with Gasteiger partial charge in [-0.3, -0.25) is 4.79 Å². The van der Waals surface area contributed by atoms with E-state index in [0.717, 1.165) is 50.4 Å². The zero-order valence-corrected chi connectivity index (χ0v) is 13.6. The van der Waals surface area contributed by atoms with E-state index in [9.17, 15) is 4.79 Å². The van der Waals surface area contributed by atoms with Gasteiger partial charge in [-0.1, -0.05) is 19.8 Å². The lowest BCUT2D eigenvalue weighted by Crippen LogP contribution is -2.45. The standard InChI is InChI=1S/C17H26N4O/c1-3-5-14-10-21(16-8-9-18-12(2)19-16)11-15(14)20-17(22)13-6-4-7-13/h8-9,13-15H,3-7,10-11H2,1-2H3,(H,20,22). The number of hydrogen-bond acceptors (Lipinski definition) is 4. The molecule has 2 unspecified atom stereocenters. The Labute approximate surface area is 132 Å². The average Bonchev–Trinajstić information content (AvgIpc) is 2.80. The number of carbonyl (C=O) groups is 1. The molecule has 0 radical (unpaired) electrons. The van der Waals surface area contributed by atoms with Gasteiger partial charge in [-0.25, -0.2) is 9.97 Å². The molecule has 5 nitrogen and oxygen atoms in total. The van der Waals surface area contributed by atoms with Crippen LogP contribution in [0, 0.1) is 18.8 Å². The summed E-state index contributed by atoms with van der Waals surface area (Å²) in [5, 5.41) is 3.31. The van der Waals surface area contributed by atoms with Crippen molar-refractivity contribution in [3.63, 3.8) is 0 Å². The average molecular weight is 302 g/mol. The van der Waals surface area contributed by atoms with Crippen LogP contribution in [0.15, 0.2) is 12.3 Å². The Balaban J connectivity index is 1.67. The third-order valence-electron chi connectivity index (χ3n) is 4.99. The highest BCUT2D eigenvalue weighted by Crippen LogP contribution is 2.29. The van der Waals surface area contributed by atoms with Crippen molar-refractivity contribution in [2.24, 2.45) is 11.8 Å². The monoisotopic (exact) mass is 302 g/mol. The smallest absolute Gasteiger partial charge is 0.223 e. The van der Waals surface area contributed by atoms with Gasteiger partial charge in [0.2, 0.25) is 5.91 Å². The highest BCUT2D eigenvalue weighted by atomic mass is 16.2. The summed E-state index contributed by atoms with van der Waals surface area (Å²) in [6, 6.07) is 2.22. The SMILES string of the molecule is CCCC1CN(c2ccnc(C)n2)CC1NC(=O)C1CCC1. The van der Waals surface area contributed by atoms with Crippen LogP contribution < -0.4 is 10.2 Å². The zero-order chi connectivity index (χ0) is 15.5. The van der Waals surface area contributed by atoms with Crippen LogP contribution in [0.5, 0.6) is 0 Å². The van der Waals surface area contributed by atoms with E-state index in [1.807, 2.05) is 19.2 Å². The van der Waals surface area contributed by atoms with Crippen LogP contribution in [0.3, 0.4) is 0 Å². The number of rotatable bonds is 5. The summed E-state index contributed by atoms with van der Waals surface area (Å²) in [5.41, 5.74) is 0. The van der Waals surface area contributed by atoms with Crippen molar-refractivity contribution in [2.45, 2.75) is 52.0 Å². The predicted octanol–water partition coefficient (Wildman–Crippen LogP) is 2.31. The van der Waals surface area contributed by atoms with Crippen LogP contribution in [-0.2, 0) is 4.79 Å². The summed E-state index contributed by atoms with van der Waals surface area (Å²) in [4.78, 5) is 23.3. The van der Waals surface area contributed by atoms with E-state index >= 15 is 0 Å². The minimum absolute atomic E-state index is 0.253. The van der Waals surface area contributed by atoms with Crippen molar-refractivity contribution >= 4 is 11.7 Å². The lowest BCUT2D eigenvalue weighted by molar-refractivity contribution is -0.128. The second-order valence-corrected chi connectivity index (χ2v) is 6.66. The summed E-state index contributed by atoms with van der Waals surface area (Å²) in [5.74, 6) is 2.82. The Bertz CT molecular complexity index is 529. The molecule has 1 aromatic heterocycles. The Hall–Kier alpha value is -1.65. The fourth-order valence-corrected chi connectivity index (χ4v) is 3.48. The summed E-state index contributed by atoms with van der Waals surface area (Å²) in [6.45, 7) is 5.96. The van der Waals surface area contributed by atoms with E-state index in [2.05, 4.69) is 27.1 Å². The molecule has 5 heteroatoms. The molecule has 2 fully saturated rings. The molecule has 1 saturated carbocycles. The molecule has 22 heavy (non-hydrogen) atoms.